The highest BCUT2D eigenvalue weighted by Gasteiger charge is 2.32. The summed E-state index contributed by atoms with van der Waals surface area (Å²) in [6, 6.07) is 2.64. The summed E-state index contributed by atoms with van der Waals surface area (Å²) >= 11 is 0. The zero-order chi connectivity index (χ0) is 18.7. The molecule has 26 heavy (non-hydrogen) atoms. The number of carbonyl (C=O) groups excluding carboxylic acids is 1. The topological polar surface area (TPSA) is 48.9 Å². The number of pyridine rings is 1. The number of alkyl halides is 3. The van der Waals surface area contributed by atoms with Crippen LogP contribution in [0.2, 0.25) is 0 Å². The summed E-state index contributed by atoms with van der Waals surface area (Å²) in [5, 5.41) is 0. The smallest absolute Gasteiger partial charge is 0.404 e. The van der Waals surface area contributed by atoms with Crippen LogP contribution < -0.4 is 9.64 Å². The predicted molar refractivity (Wildman–Crippen MR) is 90.0 cm³/mol. The molecular formula is C17H23F3N4O2. The zero-order valence-electron chi connectivity index (χ0n) is 14.7. The quantitative estimate of drug-likeness (QED) is 0.810. The van der Waals surface area contributed by atoms with Crippen LogP contribution in [0.25, 0.3) is 0 Å². The Bertz CT molecular complexity index is 609. The molecule has 6 nitrogen and oxygen atoms in total. The molecule has 0 N–H and O–H groups in total. The Hall–Kier alpha value is -2.03. The number of hydrogen-bond acceptors (Lipinski definition) is 5. The Morgan fingerprint density at radius 1 is 1.12 bits per heavy atom. The van der Waals surface area contributed by atoms with Crippen molar-refractivity contribution in [2.75, 3.05) is 44.2 Å². The largest absolute Gasteiger partial charge is 0.573 e. The van der Waals surface area contributed by atoms with Crippen molar-refractivity contribution in [3.05, 3.63) is 18.3 Å². The van der Waals surface area contributed by atoms with Gasteiger partial charge in [0, 0.05) is 39.3 Å². The Kier molecular flexibility index (Phi) is 5.55. The van der Waals surface area contributed by atoms with Crippen molar-refractivity contribution in [2.24, 2.45) is 0 Å². The third-order valence-electron chi connectivity index (χ3n) is 4.92. The minimum Gasteiger partial charge on any atom is -0.404 e. The fourth-order valence-electron chi connectivity index (χ4n) is 3.45. The van der Waals surface area contributed by atoms with Crippen LogP contribution in [0.3, 0.4) is 0 Å². The average molecular weight is 372 g/mol. The molecule has 0 bridgehead atoms. The van der Waals surface area contributed by atoms with E-state index in [0.717, 1.165) is 32.1 Å². The molecule has 2 fully saturated rings. The molecule has 3 heterocycles. The Morgan fingerprint density at radius 3 is 2.31 bits per heavy atom. The minimum absolute atomic E-state index is 0.147. The fraction of sp³-hybridized carbons (Fsp3) is 0.647. The highest BCUT2D eigenvalue weighted by Crippen LogP contribution is 2.24. The molecule has 0 aliphatic carbocycles. The average Bonchev–Trinajstić information content (AvgIpc) is 3.14. The van der Waals surface area contributed by atoms with Crippen LogP contribution in [-0.2, 0) is 4.79 Å². The number of ether oxygens (including phenoxy) is 1. The van der Waals surface area contributed by atoms with Gasteiger partial charge >= 0.3 is 6.36 Å². The third kappa shape index (κ3) is 4.57. The van der Waals surface area contributed by atoms with Crippen molar-refractivity contribution in [3.63, 3.8) is 0 Å². The lowest BCUT2D eigenvalue weighted by Crippen LogP contribution is -2.54. The molecule has 0 radical (unpaired) electrons. The highest BCUT2D eigenvalue weighted by atomic mass is 19.4. The number of rotatable bonds is 4. The van der Waals surface area contributed by atoms with Gasteiger partial charge in [-0.1, -0.05) is 0 Å². The van der Waals surface area contributed by atoms with Crippen molar-refractivity contribution in [3.8, 4) is 5.75 Å². The number of hydrogen-bond donors (Lipinski definition) is 0. The van der Waals surface area contributed by atoms with Crippen LogP contribution in [0.5, 0.6) is 5.75 Å². The van der Waals surface area contributed by atoms with Crippen molar-refractivity contribution in [1.82, 2.24) is 14.8 Å². The van der Waals surface area contributed by atoms with E-state index in [4.69, 9.17) is 0 Å². The molecular weight excluding hydrogens is 349 g/mol. The first kappa shape index (κ1) is 18.8. The second kappa shape index (κ2) is 7.69. The molecule has 1 aromatic heterocycles. The zero-order valence-corrected chi connectivity index (χ0v) is 14.7. The molecule has 2 aliphatic heterocycles. The number of anilines is 1. The second-order valence-corrected chi connectivity index (χ2v) is 6.63. The number of halogens is 3. The molecule has 0 spiro atoms. The Labute approximate surface area is 150 Å². The van der Waals surface area contributed by atoms with Crippen LogP contribution in [0.1, 0.15) is 19.8 Å². The van der Waals surface area contributed by atoms with Gasteiger partial charge in [-0.15, -0.1) is 13.2 Å². The van der Waals surface area contributed by atoms with Crippen LogP contribution in [0, 0.1) is 0 Å². The number of amides is 1. The fourth-order valence-corrected chi connectivity index (χ4v) is 3.45. The van der Waals surface area contributed by atoms with Gasteiger partial charge in [-0.3, -0.25) is 9.69 Å². The molecule has 1 unspecified atom stereocenters. The van der Waals surface area contributed by atoms with Gasteiger partial charge in [0.1, 0.15) is 11.6 Å². The second-order valence-electron chi connectivity index (χ2n) is 6.63. The molecule has 1 aromatic rings. The summed E-state index contributed by atoms with van der Waals surface area (Å²) in [7, 11) is 0. The summed E-state index contributed by atoms with van der Waals surface area (Å²) in [6.45, 7) is 6.40. The molecule has 0 saturated carbocycles. The minimum atomic E-state index is -4.72. The van der Waals surface area contributed by atoms with Crippen LogP contribution in [0.15, 0.2) is 18.3 Å². The molecule has 144 valence electrons. The van der Waals surface area contributed by atoms with E-state index in [-0.39, 0.29) is 17.7 Å². The maximum Gasteiger partial charge on any atom is 0.573 e. The SMILES string of the molecule is CC(C(=O)N1CCCC1)N1CCN(c2ccc(OC(F)(F)F)cn2)CC1. The first-order valence-electron chi connectivity index (χ1n) is 8.83. The summed E-state index contributed by atoms with van der Waals surface area (Å²) in [6.07, 6.45) is -1.49. The van der Waals surface area contributed by atoms with E-state index in [1.165, 1.54) is 12.1 Å². The van der Waals surface area contributed by atoms with E-state index >= 15 is 0 Å². The first-order valence-corrected chi connectivity index (χ1v) is 8.83. The van der Waals surface area contributed by atoms with Gasteiger partial charge in [-0.05, 0) is 31.9 Å². The van der Waals surface area contributed by atoms with E-state index in [9.17, 15) is 18.0 Å². The van der Waals surface area contributed by atoms with Gasteiger partial charge < -0.3 is 14.5 Å². The standard InChI is InChI=1S/C17H23F3N4O2/c1-13(16(25)24-6-2-3-7-24)22-8-10-23(11-9-22)15-5-4-14(12-21-15)26-17(18,19)20/h4-5,12-13H,2-3,6-11H2,1H3. The third-order valence-corrected chi connectivity index (χ3v) is 4.92. The molecule has 2 aliphatic rings. The van der Waals surface area contributed by atoms with E-state index in [1.807, 2.05) is 16.7 Å². The van der Waals surface area contributed by atoms with Gasteiger partial charge in [0.05, 0.1) is 12.2 Å². The maximum atomic E-state index is 12.5. The number of nitrogens with zero attached hydrogens (tertiary/aromatic N) is 4. The van der Waals surface area contributed by atoms with Crippen molar-refractivity contribution in [2.45, 2.75) is 32.2 Å². The van der Waals surface area contributed by atoms with Gasteiger partial charge in [0.2, 0.25) is 5.91 Å². The van der Waals surface area contributed by atoms with Crippen LogP contribution in [-0.4, -0.2) is 72.4 Å². The number of carbonyl (C=O) groups is 1. The number of piperazine rings is 1. The molecule has 1 amide bonds. The number of likely N-dealkylation sites (tertiary alicyclic amines) is 1. The summed E-state index contributed by atoms with van der Waals surface area (Å²) in [5.74, 6) is 0.463. The van der Waals surface area contributed by atoms with Gasteiger partial charge in [-0.25, -0.2) is 4.98 Å². The summed E-state index contributed by atoms with van der Waals surface area (Å²) in [4.78, 5) is 22.6. The molecule has 9 heteroatoms. The van der Waals surface area contributed by atoms with Gasteiger partial charge in [0.15, 0.2) is 0 Å². The van der Waals surface area contributed by atoms with E-state index < -0.39 is 6.36 Å². The lowest BCUT2D eigenvalue weighted by atomic mass is 10.2. The lowest BCUT2D eigenvalue weighted by Gasteiger charge is -2.39. The first-order chi connectivity index (χ1) is 12.3. The van der Waals surface area contributed by atoms with E-state index in [0.29, 0.717) is 32.0 Å². The van der Waals surface area contributed by atoms with Crippen molar-refractivity contribution < 1.29 is 22.7 Å². The maximum absolute atomic E-state index is 12.5. The molecule has 3 rings (SSSR count). The monoisotopic (exact) mass is 372 g/mol. The highest BCUT2D eigenvalue weighted by molar-refractivity contribution is 5.81. The van der Waals surface area contributed by atoms with Gasteiger partial charge in [-0.2, -0.15) is 0 Å². The summed E-state index contributed by atoms with van der Waals surface area (Å²) in [5.41, 5.74) is 0. The van der Waals surface area contributed by atoms with Crippen molar-refractivity contribution >= 4 is 11.7 Å². The van der Waals surface area contributed by atoms with Gasteiger partial charge in [0.25, 0.3) is 0 Å². The van der Waals surface area contributed by atoms with E-state index in [2.05, 4.69) is 14.6 Å². The normalized spacial score (nSPS) is 20.3. The lowest BCUT2D eigenvalue weighted by molar-refractivity contribution is -0.274. The summed E-state index contributed by atoms with van der Waals surface area (Å²) < 4.78 is 40.4. The van der Waals surface area contributed by atoms with Crippen LogP contribution >= 0.6 is 0 Å². The van der Waals surface area contributed by atoms with E-state index in [1.54, 1.807) is 0 Å². The molecule has 0 aromatic carbocycles. The number of aromatic nitrogens is 1. The molecule has 1 atom stereocenters. The molecule has 2 saturated heterocycles. The Morgan fingerprint density at radius 2 is 1.77 bits per heavy atom. The van der Waals surface area contributed by atoms with Crippen molar-refractivity contribution in [1.29, 1.82) is 0 Å². The van der Waals surface area contributed by atoms with Crippen LogP contribution in [0.4, 0.5) is 19.0 Å². The Balaban J connectivity index is 1.52. The predicted octanol–water partition coefficient (Wildman–Crippen LogP) is 2.11.